The van der Waals surface area contributed by atoms with Crippen LogP contribution in [-0.4, -0.2) is 39.9 Å². The fourth-order valence-corrected chi connectivity index (χ4v) is 5.27. The maximum Gasteiger partial charge on any atom is 0.226 e. The number of aliphatic imine (C=N–C) groups is 1. The molecular weight excluding hydrogens is 342 g/mol. The summed E-state index contributed by atoms with van der Waals surface area (Å²) in [5.41, 5.74) is 2.10. The van der Waals surface area contributed by atoms with Crippen molar-refractivity contribution in [1.29, 1.82) is 0 Å². The van der Waals surface area contributed by atoms with Crippen LogP contribution in [0.4, 0.5) is 5.69 Å². The molecule has 26 heavy (non-hydrogen) atoms. The Balaban J connectivity index is 1.38. The number of anilines is 1. The minimum absolute atomic E-state index is 0.115. The van der Waals surface area contributed by atoms with Crippen LogP contribution >= 0.6 is 11.8 Å². The zero-order valence-corrected chi connectivity index (χ0v) is 16.4. The molecule has 0 bridgehead atoms. The van der Waals surface area contributed by atoms with Crippen molar-refractivity contribution in [2.75, 3.05) is 11.1 Å². The lowest BCUT2D eigenvalue weighted by molar-refractivity contribution is -0.116. The summed E-state index contributed by atoms with van der Waals surface area (Å²) in [7, 11) is 0. The highest BCUT2D eigenvalue weighted by Crippen LogP contribution is 2.38. The molecule has 3 aliphatic rings. The van der Waals surface area contributed by atoms with Crippen LogP contribution < -0.4 is 5.32 Å². The van der Waals surface area contributed by atoms with E-state index in [2.05, 4.69) is 17.1 Å². The van der Waals surface area contributed by atoms with Gasteiger partial charge < -0.3 is 10.2 Å². The van der Waals surface area contributed by atoms with Gasteiger partial charge in [-0.2, -0.15) is 0 Å². The summed E-state index contributed by atoms with van der Waals surface area (Å²) in [4.78, 5) is 20.1. The lowest BCUT2D eigenvalue weighted by Gasteiger charge is -2.27. The van der Waals surface area contributed by atoms with Gasteiger partial charge in [0.1, 0.15) is 0 Å². The number of benzene rings is 1. The molecule has 0 aromatic heterocycles. The van der Waals surface area contributed by atoms with Crippen LogP contribution in [0.5, 0.6) is 0 Å². The molecule has 1 amide bonds. The predicted octanol–water partition coefficient (Wildman–Crippen LogP) is 4.59. The van der Waals surface area contributed by atoms with E-state index >= 15 is 0 Å². The van der Waals surface area contributed by atoms with Crippen molar-refractivity contribution in [1.82, 2.24) is 4.90 Å². The Bertz CT molecular complexity index is 662. The van der Waals surface area contributed by atoms with Crippen molar-refractivity contribution in [3.05, 3.63) is 29.8 Å². The van der Waals surface area contributed by atoms with Gasteiger partial charge in [-0.05, 0) is 44.7 Å². The molecule has 4 rings (SSSR count). The number of thioether (sulfide) groups is 1. The maximum absolute atomic E-state index is 12.6. The summed E-state index contributed by atoms with van der Waals surface area (Å²) in [6.45, 7) is 2.06. The molecule has 1 aromatic carbocycles. The highest BCUT2D eigenvalue weighted by Gasteiger charge is 2.41. The molecule has 2 saturated carbocycles. The van der Waals surface area contributed by atoms with Crippen molar-refractivity contribution in [3.63, 3.8) is 0 Å². The highest BCUT2D eigenvalue weighted by atomic mass is 32.2. The molecule has 2 aliphatic carbocycles. The number of nitrogens with one attached hydrogen (secondary N) is 1. The van der Waals surface area contributed by atoms with Crippen molar-refractivity contribution >= 4 is 28.5 Å². The molecular formula is C21H29N3OS. The van der Waals surface area contributed by atoms with Gasteiger partial charge in [-0.3, -0.25) is 9.79 Å². The first-order valence-corrected chi connectivity index (χ1v) is 11.0. The second-order valence-electron chi connectivity index (χ2n) is 7.93. The molecule has 0 radical (unpaired) electrons. The Morgan fingerprint density at radius 1 is 1.15 bits per heavy atom. The van der Waals surface area contributed by atoms with Gasteiger partial charge in [0.25, 0.3) is 0 Å². The number of rotatable bonds is 5. The average Bonchev–Trinajstić information content (AvgIpc) is 3.41. The number of carbonyl (C=O) groups is 1. The summed E-state index contributed by atoms with van der Waals surface area (Å²) >= 11 is 1.87. The van der Waals surface area contributed by atoms with Gasteiger partial charge in [0.05, 0.1) is 6.04 Å². The molecule has 1 saturated heterocycles. The third kappa shape index (κ3) is 4.43. The number of amidine groups is 1. The molecule has 1 N–H and O–H groups in total. The van der Waals surface area contributed by atoms with Crippen LogP contribution in [0.2, 0.25) is 0 Å². The number of amides is 1. The molecule has 1 aromatic rings. The zero-order valence-electron chi connectivity index (χ0n) is 15.6. The van der Waals surface area contributed by atoms with Gasteiger partial charge in [-0.15, -0.1) is 0 Å². The van der Waals surface area contributed by atoms with Gasteiger partial charge in [0.15, 0.2) is 5.17 Å². The summed E-state index contributed by atoms with van der Waals surface area (Å²) in [6, 6.07) is 9.44. The van der Waals surface area contributed by atoms with E-state index in [1.165, 1.54) is 55.7 Å². The van der Waals surface area contributed by atoms with Crippen LogP contribution in [0.25, 0.3) is 0 Å². The van der Waals surface area contributed by atoms with E-state index in [0.717, 1.165) is 11.4 Å². The fourth-order valence-electron chi connectivity index (χ4n) is 3.98. The Labute approximate surface area is 160 Å². The lowest BCUT2D eigenvalue weighted by Crippen LogP contribution is -2.39. The quantitative estimate of drug-likeness (QED) is 0.823. The van der Waals surface area contributed by atoms with Crippen LogP contribution in [0, 0.1) is 6.92 Å². The standard InChI is InChI=1S/C21H29N3OS/c1-15-7-9-17(10-8-15)22-20(25)13-19-14-26-21(24(19)18-11-12-18)23-16-5-3-2-4-6-16/h7-10,16,18-19H,2-6,11-14H2,1H3,(H,22,25). The third-order valence-corrected chi connectivity index (χ3v) is 6.71. The van der Waals surface area contributed by atoms with Crippen molar-refractivity contribution in [2.24, 2.45) is 4.99 Å². The molecule has 140 valence electrons. The van der Waals surface area contributed by atoms with Crippen molar-refractivity contribution in [3.8, 4) is 0 Å². The Hall–Kier alpha value is -1.49. The largest absolute Gasteiger partial charge is 0.344 e. The number of nitrogens with zero attached hydrogens (tertiary/aromatic N) is 2. The first-order valence-electron chi connectivity index (χ1n) is 10.0. The zero-order chi connectivity index (χ0) is 17.9. The lowest BCUT2D eigenvalue weighted by atomic mass is 9.96. The van der Waals surface area contributed by atoms with E-state index in [9.17, 15) is 4.79 Å². The average molecular weight is 372 g/mol. The van der Waals surface area contributed by atoms with E-state index in [1.54, 1.807) is 0 Å². The predicted molar refractivity (Wildman–Crippen MR) is 110 cm³/mol. The highest BCUT2D eigenvalue weighted by molar-refractivity contribution is 8.14. The second kappa shape index (κ2) is 8.03. The molecule has 3 fully saturated rings. The molecule has 1 atom stereocenters. The summed E-state index contributed by atoms with van der Waals surface area (Å²) in [6.07, 6.45) is 9.53. The SMILES string of the molecule is Cc1ccc(NC(=O)CC2CSC(=NC3CCCCC3)N2C2CC2)cc1. The van der Waals surface area contributed by atoms with Gasteiger partial charge in [-0.25, -0.2) is 0 Å². The van der Waals surface area contributed by atoms with Gasteiger partial charge in [-0.1, -0.05) is 48.7 Å². The first kappa shape index (κ1) is 17.9. The van der Waals surface area contributed by atoms with E-state index in [4.69, 9.17) is 4.99 Å². The molecule has 1 unspecified atom stereocenters. The van der Waals surface area contributed by atoms with Crippen molar-refractivity contribution < 1.29 is 4.79 Å². The number of carbonyl (C=O) groups excluding carboxylic acids is 1. The molecule has 1 heterocycles. The molecule has 4 nitrogen and oxygen atoms in total. The van der Waals surface area contributed by atoms with E-state index in [-0.39, 0.29) is 5.91 Å². The smallest absolute Gasteiger partial charge is 0.226 e. The number of aryl methyl sites for hydroxylation is 1. The van der Waals surface area contributed by atoms with E-state index in [0.29, 0.717) is 24.5 Å². The maximum atomic E-state index is 12.6. The molecule has 1 aliphatic heterocycles. The van der Waals surface area contributed by atoms with Gasteiger partial charge in [0, 0.05) is 29.9 Å². The van der Waals surface area contributed by atoms with Crippen LogP contribution in [0.1, 0.15) is 56.9 Å². The van der Waals surface area contributed by atoms with Crippen LogP contribution in [-0.2, 0) is 4.79 Å². The van der Waals surface area contributed by atoms with Gasteiger partial charge in [0.2, 0.25) is 5.91 Å². The molecule has 0 spiro atoms. The van der Waals surface area contributed by atoms with Crippen LogP contribution in [0.15, 0.2) is 29.3 Å². The van der Waals surface area contributed by atoms with Gasteiger partial charge >= 0.3 is 0 Å². The van der Waals surface area contributed by atoms with E-state index in [1.807, 2.05) is 36.0 Å². The van der Waals surface area contributed by atoms with Crippen LogP contribution in [0.3, 0.4) is 0 Å². The molecule has 5 heteroatoms. The Morgan fingerprint density at radius 2 is 1.88 bits per heavy atom. The minimum Gasteiger partial charge on any atom is -0.344 e. The minimum atomic E-state index is 0.115. The monoisotopic (exact) mass is 371 g/mol. The third-order valence-electron chi connectivity index (χ3n) is 5.58. The number of hydrogen-bond acceptors (Lipinski definition) is 3. The first-order chi connectivity index (χ1) is 12.7. The second-order valence-corrected chi connectivity index (χ2v) is 8.91. The normalized spacial score (nSPS) is 25.7. The Morgan fingerprint density at radius 3 is 2.58 bits per heavy atom. The fraction of sp³-hybridized carbons (Fsp3) is 0.619. The number of hydrogen-bond donors (Lipinski definition) is 1. The van der Waals surface area contributed by atoms with E-state index < -0.39 is 0 Å². The summed E-state index contributed by atoms with van der Waals surface area (Å²) in [5.74, 6) is 1.10. The Kier molecular flexibility index (Phi) is 5.53. The topological polar surface area (TPSA) is 44.7 Å². The summed E-state index contributed by atoms with van der Waals surface area (Å²) < 4.78 is 0. The summed E-state index contributed by atoms with van der Waals surface area (Å²) in [5, 5.41) is 4.27. The van der Waals surface area contributed by atoms with Crippen molar-refractivity contribution in [2.45, 2.75) is 76.4 Å².